The van der Waals surface area contributed by atoms with E-state index in [2.05, 4.69) is 15.9 Å². The summed E-state index contributed by atoms with van der Waals surface area (Å²) in [6.07, 6.45) is -0.751. The SMILES string of the molecule is CCOc1cc(C(=O)O[C@H](C)C(=O)N(C)CCC#N)cc(Br)c1OC. The van der Waals surface area contributed by atoms with Crippen LogP contribution in [0.25, 0.3) is 0 Å². The Morgan fingerprint density at radius 1 is 1.40 bits per heavy atom. The fraction of sp³-hybridized carbons (Fsp3) is 0.471. The number of rotatable bonds is 8. The van der Waals surface area contributed by atoms with Crippen LogP contribution >= 0.6 is 15.9 Å². The van der Waals surface area contributed by atoms with Crippen LogP contribution < -0.4 is 9.47 Å². The van der Waals surface area contributed by atoms with Crippen molar-refractivity contribution in [2.75, 3.05) is 27.3 Å². The van der Waals surface area contributed by atoms with Crippen molar-refractivity contribution in [1.82, 2.24) is 4.90 Å². The Morgan fingerprint density at radius 2 is 2.08 bits per heavy atom. The van der Waals surface area contributed by atoms with Crippen LogP contribution in [0, 0.1) is 11.3 Å². The van der Waals surface area contributed by atoms with Crippen molar-refractivity contribution in [3.63, 3.8) is 0 Å². The Morgan fingerprint density at radius 3 is 2.64 bits per heavy atom. The van der Waals surface area contributed by atoms with Crippen LogP contribution in [0.1, 0.15) is 30.6 Å². The molecular formula is C17H21BrN2O5. The van der Waals surface area contributed by atoms with Gasteiger partial charge in [0.05, 0.1) is 36.2 Å². The Bertz CT molecular complexity index is 672. The van der Waals surface area contributed by atoms with E-state index >= 15 is 0 Å². The van der Waals surface area contributed by atoms with E-state index in [1.807, 2.05) is 13.0 Å². The van der Waals surface area contributed by atoms with E-state index in [-0.39, 0.29) is 24.4 Å². The zero-order valence-electron chi connectivity index (χ0n) is 14.7. The molecule has 1 aromatic rings. The number of amides is 1. The summed E-state index contributed by atoms with van der Waals surface area (Å²) in [7, 11) is 3.06. The molecule has 0 bridgehead atoms. The summed E-state index contributed by atoms with van der Waals surface area (Å²) in [5.74, 6) is -0.157. The predicted molar refractivity (Wildman–Crippen MR) is 94.6 cm³/mol. The van der Waals surface area contributed by atoms with Crippen LogP contribution in [-0.4, -0.2) is 50.2 Å². The maximum atomic E-state index is 12.3. The standard InChI is InChI=1S/C17H21BrN2O5/c1-5-24-14-10-12(9-13(18)15(14)23-4)17(22)25-11(2)16(21)20(3)8-6-7-19/h9-11H,5-6,8H2,1-4H3/t11-/m1/s1. The first-order chi connectivity index (χ1) is 11.8. The van der Waals surface area contributed by atoms with Crippen LogP contribution in [0.2, 0.25) is 0 Å². The molecule has 1 rings (SSSR count). The van der Waals surface area contributed by atoms with Gasteiger partial charge in [0.15, 0.2) is 17.6 Å². The third-order valence-corrected chi connectivity index (χ3v) is 3.91. The lowest BCUT2D eigenvalue weighted by Crippen LogP contribution is -2.37. The molecule has 0 aromatic heterocycles. The number of benzene rings is 1. The molecule has 1 atom stereocenters. The summed E-state index contributed by atoms with van der Waals surface area (Å²) in [6.45, 7) is 3.99. The lowest BCUT2D eigenvalue weighted by atomic mass is 10.2. The van der Waals surface area contributed by atoms with Crippen LogP contribution in [0.5, 0.6) is 11.5 Å². The fourth-order valence-electron chi connectivity index (χ4n) is 2.06. The molecule has 25 heavy (non-hydrogen) atoms. The second-order valence-electron chi connectivity index (χ2n) is 5.14. The summed E-state index contributed by atoms with van der Waals surface area (Å²) < 4.78 is 16.5. The average molecular weight is 413 g/mol. The van der Waals surface area contributed by atoms with Crippen molar-refractivity contribution in [3.8, 4) is 17.6 Å². The van der Waals surface area contributed by atoms with Gasteiger partial charge in [0.25, 0.3) is 5.91 Å². The molecule has 1 aromatic carbocycles. The van der Waals surface area contributed by atoms with Crippen LogP contribution in [0.15, 0.2) is 16.6 Å². The molecule has 0 aliphatic carbocycles. The maximum absolute atomic E-state index is 12.3. The minimum absolute atomic E-state index is 0.214. The van der Waals surface area contributed by atoms with Crippen LogP contribution in [-0.2, 0) is 9.53 Å². The maximum Gasteiger partial charge on any atom is 0.339 e. The molecule has 0 saturated heterocycles. The van der Waals surface area contributed by atoms with Crippen molar-refractivity contribution < 1.29 is 23.8 Å². The van der Waals surface area contributed by atoms with E-state index in [4.69, 9.17) is 19.5 Å². The summed E-state index contributed by atoms with van der Waals surface area (Å²) in [6, 6.07) is 5.01. The third-order valence-electron chi connectivity index (χ3n) is 3.32. The Labute approximate surface area is 155 Å². The Kier molecular flexibility index (Phi) is 8.22. The van der Waals surface area contributed by atoms with Gasteiger partial charge in [-0.15, -0.1) is 0 Å². The van der Waals surface area contributed by atoms with Crippen molar-refractivity contribution >= 4 is 27.8 Å². The highest BCUT2D eigenvalue weighted by Crippen LogP contribution is 2.36. The zero-order chi connectivity index (χ0) is 19.0. The second-order valence-corrected chi connectivity index (χ2v) is 5.99. The minimum atomic E-state index is -0.965. The van der Waals surface area contributed by atoms with Crippen LogP contribution in [0.4, 0.5) is 0 Å². The molecule has 8 heteroatoms. The smallest absolute Gasteiger partial charge is 0.339 e. The number of halogens is 1. The molecular weight excluding hydrogens is 392 g/mol. The third kappa shape index (κ3) is 5.64. The van der Waals surface area contributed by atoms with E-state index in [1.54, 1.807) is 13.1 Å². The highest BCUT2D eigenvalue weighted by molar-refractivity contribution is 9.10. The monoisotopic (exact) mass is 412 g/mol. The van der Waals surface area contributed by atoms with Gasteiger partial charge in [0.1, 0.15) is 0 Å². The summed E-state index contributed by atoms with van der Waals surface area (Å²) in [5.41, 5.74) is 0.232. The predicted octanol–water partition coefficient (Wildman–Crippen LogP) is 2.77. The van der Waals surface area contributed by atoms with Gasteiger partial charge in [0, 0.05) is 13.6 Å². The number of carbonyl (C=O) groups is 2. The number of carbonyl (C=O) groups excluding carboxylic acids is 2. The molecule has 0 radical (unpaired) electrons. The van der Waals surface area contributed by atoms with E-state index < -0.39 is 12.1 Å². The molecule has 0 spiro atoms. The molecule has 136 valence electrons. The number of hydrogen-bond acceptors (Lipinski definition) is 6. The van der Waals surface area contributed by atoms with Gasteiger partial charge in [-0.2, -0.15) is 5.26 Å². The largest absolute Gasteiger partial charge is 0.492 e. The van der Waals surface area contributed by atoms with E-state index in [0.717, 1.165) is 0 Å². The number of hydrogen-bond donors (Lipinski definition) is 0. The number of nitriles is 1. The molecule has 0 aliphatic heterocycles. The molecule has 0 fully saturated rings. The van der Waals surface area contributed by atoms with Gasteiger partial charge in [-0.25, -0.2) is 4.79 Å². The van der Waals surface area contributed by atoms with Gasteiger partial charge in [0.2, 0.25) is 0 Å². The van der Waals surface area contributed by atoms with Crippen molar-refractivity contribution in [2.24, 2.45) is 0 Å². The van der Waals surface area contributed by atoms with Crippen molar-refractivity contribution in [1.29, 1.82) is 5.26 Å². The molecule has 0 saturated carbocycles. The Balaban J connectivity index is 2.90. The number of likely N-dealkylation sites (N-methyl/N-ethyl adjacent to an activating group) is 1. The van der Waals surface area contributed by atoms with Crippen molar-refractivity contribution in [2.45, 2.75) is 26.4 Å². The fourth-order valence-corrected chi connectivity index (χ4v) is 2.67. The number of methoxy groups -OCH3 is 1. The Hall–Kier alpha value is -2.27. The topological polar surface area (TPSA) is 88.9 Å². The highest BCUT2D eigenvalue weighted by atomic mass is 79.9. The quantitative estimate of drug-likeness (QED) is 0.609. The average Bonchev–Trinajstić information content (AvgIpc) is 2.58. The van der Waals surface area contributed by atoms with Gasteiger partial charge >= 0.3 is 5.97 Å². The first kappa shape index (κ1) is 20.8. The lowest BCUT2D eigenvalue weighted by Gasteiger charge is -2.20. The van der Waals surface area contributed by atoms with Gasteiger partial charge < -0.3 is 19.1 Å². The van der Waals surface area contributed by atoms with Crippen molar-refractivity contribution in [3.05, 3.63) is 22.2 Å². The molecule has 1 amide bonds. The molecule has 0 aliphatic rings. The molecule has 7 nitrogen and oxygen atoms in total. The van der Waals surface area contributed by atoms with E-state index in [1.165, 1.54) is 25.0 Å². The van der Waals surface area contributed by atoms with Gasteiger partial charge in [-0.1, -0.05) is 0 Å². The number of nitrogens with zero attached hydrogens (tertiary/aromatic N) is 2. The molecule has 0 unspecified atom stereocenters. The summed E-state index contributed by atoms with van der Waals surface area (Å²) >= 11 is 3.32. The summed E-state index contributed by atoms with van der Waals surface area (Å²) in [4.78, 5) is 25.8. The first-order valence-electron chi connectivity index (χ1n) is 7.68. The normalized spacial score (nSPS) is 11.2. The summed E-state index contributed by atoms with van der Waals surface area (Å²) in [5, 5.41) is 8.57. The number of esters is 1. The highest BCUT2D eigenvalue weighted by Gasteiger charge is 2.23. The van der Waals surface area contributed by atoms with Crippen LogP contribution in [0.3, 0.4) is 0 Å². The number of ether oxygens (including phenoxy) is 3. The van der Waals surface area contributed by atoms with E-state index in [9.17, 15) is 9.59 Å². The first-order valence-corrected chi connectivity index (χ1v) is 8.48. The van der Waals surface area contributed by atoms with Gasteiger partial charge in [-0.05, 0) is 41.9 Å². The zero-order valence-corrected chi connectivity index (χ0v) is 16.3. The van der Waals surface area contributed by atoms with Gasteiger partial charge in [-0.3, -0.25) is 4.79 Å². The van der Waals surface area contributed by atoms with E-state index in [0.29, 0.717) is 22.6 Å². The minimum Gasteiger partial charge on any atom is -0.492 e. The molecule has 0 N–H and O–H groups in total. The lowest BCUT2D eigenvalue weighted by molar-refractivity contribution is -0.138. The second kappa shape index (κ2) is 9.89. The molecule has 0 heterocycles.